The predicted octanol–water partition coefficient (Wildman–Crippen LogP) is 4.71. The quantitative estimate of drug-likeness (QED) is 0.771. The van der Waals surface area contributed by atoms with Gasteiger partial charge in [-0.05, 0) is 25.0 Å². The van der Waals surface area contributed by atoms with E-state index >= 15 is 0 Å². The minimum atomic E-state index is -0.789. The largest absolute Gasteiger partial charge is 0.441 e. The van der Waals surface area contributed by atoms with Gasteiger partial charge in [0, 0.05) is 15.6 Å². The molecule has 0 aromatic heterocycles. The van der Waals surface area contributed by atoms with Gasteiger partial charge < -0.3 is 10.5 Å². The van der Waals surface area contributed by atoms with E-state index in [4.69, 9.17) is 33.7 Å². The summed E-state index contributed by atoms with van der Waals surface area (Å²) in [6.07, 6.45) is 2.63. The molecule has 1 aromatic carbocycles. The molecular formula is C13H17Cl2NO2. The first-order valence-corrected chi connectivity index (χ1v) is 6.71. The average molecular weight is 290 g/mol. The second-order valence-electron chi connectivity index (χ2n) is 4.09. The summed E-state index contributed by atoms with van der Waals surface area (Å²) in [5, 5.41) is 1.04. The maximum absolute atomic E-state index is 10.9. The number of hydrogen-bond acceptors (Lipinski definition) is 2. The van der Waals surface area contributed by atoms with Crippen LogP contribution in [0.4, 0.5) is 4.79 Å². The standard InChI is InChI=1S/C13H17Cl2NO2/c1-2-3-4-5-12(18-13(16)17)10-7-6-9(14)8-11(10)15/h6-8,12H,2-5H2,1H3,(H2,16,17). The minimum absolute atomic E-state index is 0.404. The fourth-order valence-electron chi connectivity index (χ4n) is 1.76. The van der Waals surface area contributed by atoms with Gasteiger partial charge >= 0.3 is 6.09 Å². The van der Waals surface area contributed by atoms with Crippen LogP contribution in [-0.2, 0) is 4.74 Å². The smallest absolute Gasteiger partial charge is 0.405 e. The molecule has 0 fully saturated rings. The summed E-state index contributed by atoms with van der Waals surface area (Å²) in [5.41, 5.74) is 5.83. The van der Waals surface area contributed by atoms with E-state index in [0.29, 0.717) is 16.5 Å². The molecule has 0 radical (unpaired) electrons. The SMILES string of the molecule is CCCCCC(OC(N)=O)c1ccc(Cl)cc1Cl. The van der Waals surface area contributed by atoms with E-state index in [1.807, 2.05) is 0 Å². The van der Waals surface area contributed by atoms with Gasteiger partial charge in [0.05, 0.1) is 0 Å². The monoisotopic (exact) mass is 289 g/mol. The Morgan fingerprint density at radius 3 is 2.67 bits per heavy atom. The maximum atomic E-state index is 10.9. The number of hydrogen-bond donors (Lipinski definition) is 1. The van der Waals surface area contributed by atoms with E-state index in [0.717, 1.165) is 24.8 Å². The van der Waals surface area contributed by atoms with E-state index in [9.17, 15) is 4.79 Å². The number of carbonyl (C=O) groups is 1. The number of amides is 1. The Bertz CT molecular complexity index is 410. The lowest BCUT2D eigenvalue weighted by Gasteiger charge is -2.18. The molecule has 0 aliphatic rings. The lowest BCUT2D eigenvalue weighted by Crippen LogP contribution is -2.17. The topological polar surface area (TPSA) is 52.3 Å². The summed E-state index contributed by atoms with van der Waals surface area (Å²) >= 11 is 11.9. The summed E-state index contributed by atoms with van der Waals surface area (Å²) in [6, 6.07) is 5.12. The molecule has 1 aromatic rings. The third-order valence-corrected chi connectivity index (χ3v) is 3.20. The lowest BCUT2D eigenvalue weighted by molar-refractivity contribution is 0.0995. The van der Waals surface area contributed by atoms with Gasteiger partial charge in [0.15, 0.2) is 0 Å². The molecule has 1 amide bonds. The minimum Gasteiger partial charge on any atom is -0.441 e. The highest BCUT2D eigenvalue weighted by molar-refractivity contribution is 6.35. The zero-order valence-electron chi connectivity index (χ0n) is 10.3. The number of benzene rings is 1. The number of nitrogens with two attached hydrogens (primary N) is 1. The van der Waals surface area contributed by atoms with E-state index in [2.05, 4.69) is 6.92 Å². The summed E-state index contributed by atoms with van der Waals surface area (Å²) in [4.78, 5) is 10.9. The highest BCUT2D eigenvalue weighted by Crippen LogP contribution is 2.31. The van der Waals surface area contributed by atoms with Crippen LogP contribution in [0.3, 0.4) is 0 Å². The van der Waals surface area contributed by atoms with Crippen LogP contribution in [0.15, 0.2) is 18.2 Å². The molecule has 0 saturated carbocycles. The lowest BCUT2D eigenvalue weighted by atomic mass is 10.0. The molecule has 2 N–H and O–H groups in total. The van der Waals surface area contributed by atoms with Crippen molar-refractivity contribution in [2.24, 2.45) is 5.73 Å². The Kier molecular flexibility index (Phi) is 6.30. The second-order valence-corrected chi connectivity index (χ2v) is 4.93. The van der Waals surface area contributed by atoms with Gasteiger partial charge in [-0.1, -0.05) is 49.0 Å². The van der Waals surface area contributed by atoms with Crippen LogP contribution in [0, 0.1) is 0 Å². The predicted molar refractivity (Wildman–Crippen MR) is 74.0 cm³/mol. The first kappa shape index (κ1) is 15.1. The Morgan fingerprint density at radius 2 is 2.11 bits per heavy atom. The molecule has 0 spiro atoms. The first-order chi connectivity index (χ1) is 8.54. The number of halogens is 2. The van der Waals surface area contributed by atoms with Gasteiger partial charge in [-0.3, -0.25) is 0 Å². The van der Waals surface area contributed by atoms with Crippen LogP contribution in [0.5, 0.6) is 0 Å². The van der Waals surface area contributed by atoms with Crippen molar-refractivity contribution in [3.05, 3.63) is 33.8 Å². The molecule has 1 atom stereocenters. The van der Waals surface area contributed by atoms with Crippen molar-refractivity contribution >= 4 is 29.3 Å². The highest BCUT2D eigenvalue weighted by Gasteiger charge is 2.18. The van der Waals surface area contributed by atoms with E-state index in [1.165, 1.54) is 0 Å². The average Bonchev–Trinajstić information content (AvgIpc) is 2.27. The third-order valence-electron chi connectivity index (χ3n) is 2.64. The third kappa shape index (κ3) is 4.75. The molecule has 100 valence electrons. The first-order valence-electron chi connectivity index (χ1n) is 5.95. The van der Waals surface area contributed by atoms with Crippen LogP contribution in [0.25, 0.3) is 0 Å². The van der Waals surface area contributed by atoms with Gasteiger partial charge in [-0.15, -0.1) is 0 Å². The molecule has 0 bridgehead atoms. The normalized spacial score (nSPS) is 12.2. The van der Waals surface area contributed by atoms with Crippen molar-refractivity contribution in [2.45, 2.75) is 38.7 Å². The van der Waals surface area contributed by atoms with Crippen LogP contribution in [-0.4, -0.2) is 6.09 Å². The molecular weight excluding hydrogens is 273 g/mol. The number of unbranched alkanes of at least 4 members (excludes halogenated alkanes) is 2. The zero-order chi connectivity index (χ0) is 13.5. The Balaban J connectivity index is 2.83. The van der Waals surface area contributed by atoms with Crippen LogP contribution in [0.2, 0.25) is 10.0 Å². The van der Waals surface area contributed by atoms with Gasteiger partial charge in [0.2, 0.25) is 0 Å². The van der Waals surface area contributed by atoms with Crippen molar-refractivity contribution in [3.63, 3.8) is 0 Å². The zero-order valence-corrected chi connectivity index (χ0v) is 11.8. The van der Waals surface area contributed by atoms with Gasteiger partial charge in [-0.25, -0.2) is 4.79 Å². The van der Waals surface area contributed by atoms with Gasteiger partial charge in [-0.2, -0.15) is 0 Å². The maximum Gasteiger partial charge on any atom is 0.405 e. The fourth-order valence-corrected chi connectivity index (χ4v) is 2.29. The van der Waals surface area contributed by atoms with Crippen molar-refractivity contribution in [3.8, 4) is 0 Å². The number of rotatable bonds is 6. The Labute approximate surface area is 117 Å². The molecule has 0 saturated heterocycles. The molecule has 0 aliphatic heterocycles. The Morgan fingerprint density at radius 1 is 1.39 bits per heavy atom. The second kappa shape index (κ2) is 7.49. The molecule has 0 aliphatic carbocycles. The van der Waals surface area contributed by atoms with Gasteiger partial charge in [0.1, 0.15) is 6.10 Å². The van der Waals surface area contributed by atoms with Gasteiger partial charge in [0.25, 0.3) is 0 Å². The molecule has 0 heterocycles. The Hall–Kier alpha value is -0.930. The number of ether oxygens (including phenoxy) is 1. The summed E-state index contributed by atoms with van der Waals surface area (Å²) in [5.74, 6) is 0. The van der Waals surface area contributed by atoms with Crippen LogP contribution >= 0.6 is 23.2 Å². The molecule has 18 heavy (non-hydrogen) atoms. The van der Waals surface area contributed by atoms with E-state index < -0.39 is 12.2 Å². The van der Waals surface area contributed by atoms with Crippen molar-refractivity contribution < 1.29 is 9.53 Å². The molecule has 1 unspecified atom stereocenters. The van der Waals surface area contributed by atoms with Crippen LogP contribution in [0.1, 0.15) is 44.3 Å². The van der Waals surface area contributed by atoms with Crippen molar-refractivity contribution in [2.75, 3.05) is 0 Å². The highest BCUT2D eigenvalue weighted by atomic mass is 35.5. The summed E-state index contributed by atoms with van der Waals surface area (Å²) in [7, 11) is 0. The molecule has 5 heteroatoms. The molecule has 3 nitrogen and oxygen atoms in total. The van der Waals surface area contributed by atoms with Crippen molar-refractivity contribution in [1.82, 2.24) is 0 Å². The summed E-state index contributed by atoms with van der Waals surface area (Å²) < 4.78 is 5.11. The van der Waals surface area contributed by atoms with Crippen LogP contribution < -0.4 is 5.73 Å². The van der Waals surface area contributed by atoms with E-state index in [1.54, 1.807) is 18.2 Å². The number of carbonyl (C=O) groups excluding carboxylic acids is 1. The molecule has 1 rings (SSSR count). The summed E-state index contributed by atoms with van der Waals surface area (Å²) in [6.45, 7) is 2.11. The number of primary amides is 1. The van der Waals surface area contributed by atoms with E-state index in [-0.39, 0.29) is 0 Å². The van der Waals surface area contributed by atoms with Crippen molar-refractivity contribution in [1.29, 1.82) is 0 Å². The fraction of sp³-hybridized carbons (Fsp3) is 0.462.